The van der Waals surface area contributed by atoms with Gasteiger partial charge in [0.2, 0.25) is 0 Å². The number of carbonyl (C=O) groups excluding carboxylic acids is 2. The van der Waals surface area contributed by atoms with E-state index in [2.05, 4.69) is 65.9 Å². The highest BCUT2D eigenvalue weighted by Crippen LogP contribution is 2.68. The highest BCUT2D eigenvalue weighted by molar-refractivity contribution is 6.74. The Morgan fingerprint density at radius 3 is 2.40 bits per heavy atom. The Morgan fingerprint density at radius 2 is 1.69 bits per heavy atom. The van der Waals surface area contributed by atoms with Crippen LogP contribution in [-0.4, -0.2) is 38.4 Å². The van der Waals surface area contributed by atoms with Gasteiger partial charge in [0.1, 0.15) is 17.1 Å². The number of Topliss-reactive ketones (excluding diaryl/α,β-unsaturated/α-hetero) is 1. The molecule has 6 heteroatoms. The van der Waals surface area contributed by atoms with Crippen LogP contribution in [0.2, 0.25) is 18.1 Å². The fraction of sp³-hybridized carbons (Fsp3) is 0.810. The molecule has 48 heavy (non-hydrogen) atoms. The molecular weight excluding hydrogens is 613 g/mol. The van der Waals surface area contributed by atoms with Gasteiger partial charge in [0.05, 0.1) is 12.7 Å². The summed E-state index contributed by atoms with van der Waals surface area (Å²) in [5.74, 6) is 4.65. The van der Waals surface area contributed by atoms with Crippen molar-refractivity contribution in [1.29, 1.82) is 0 Å². The van der Waals surface area contributed by atoms with E-state index < -0.39 is 13.9 Å². The molecule has 4 aliphatic carbocycles. The van der Waals surface area contributed by atoms with Crippen LogP contribution in [0.4, 0.5) is 0 Å². The zero-order valence-electron chi connectivity index (χ0n) is 32.2. The molecule has 1 aromatic carbocycles. The number of aryl methyl sites for hydroxylation is 1. The minimum Gasteiger partial charge on any atom is -0.494 e. The first kappa shape index (κ1) is 37.6. The number of benzene rings is 1. The molecule has 0 heterocycles. The van der Waals surface area contributed by atoms with Crippen LogP contribution in [0.3, 0.4) is 0 Å². The maximum atomic E-state index is 12.8. The van der Waals surface area contributed by atoms with Gasteiger partial charge in [0.25, 0.3) is 0 Å². The third-order valence-corrected chi connectivity index (χ3v) is 18.5. The molecule has 5 nitrogen and oxygen atoms in total. The molecular formula is C42H68O5Si. The van der Waals surface area contributed by atoms with E-state index in [1.54, 1.807) is 0 Å². The van der Waals surface area contributed by atoms with E-state index in [-0.39, 0.29) is 16.4 Å². The van der Waals surface area contributed by atoms with Gasteiger partial charge in [-0.15, -0.1) is 0 Å². The first-order valence-corrected chi connectivity index (χ1v) is 22.4. The van der Waals surface area contributed by atoms with Crippen LogP contribution in [0, 0.1) is 40.4 Å². The molecule has 0 aromatic heterocycles. The van der Waals surface area contributed by atoms with Crippen LogP contribution in [0.25, 0.3) is 0 Å². The van der Waals surface area contributed by atoms with E-state index in [1.807, 2.05) is 26.8 Å². The Hall–Kier alpha value is -1.66. The first-order chi connectivity index (χ1) is 22.3. The molecule has 0 bridgehead atoms. The van der Waals surface area contributed by atoms with Crippen molar-refractivity contribution in [2.24, 2.45) is 40.4 Å². The zero-order valence-corrected chi connectivity index (χ0v) is 33.2. The molecule has 4 aliphatic rings. The van der Waals surface area contributed by atoms with Crippen molar-refractivity contribution in [2.75, 3.05) is 6.61 Å². The second-order valence-corrected chi connectivity index (χ2v) is 24.1. The van der Waals surface area contributed by atoms with E-state index in [9.17, 15) is 9.59 Å². The number of rotatable bonds is 11. The highest BCUT2D eigenvalue weighted by Gasteiger charge is 2.63. The van der Waals surface area contributed by atoms with Crippen molar-refractivity contribution < 1.29 is 23.5 Å². The molecule has 0 spiro atoms. The summed E-state index contributed by atoms with van der Waals surface area (Å²) in [6, 6.07) is 8.54. The van der Waals surface area contributed by atoms with Gasteiger partial charge in [-0.1, -0.05) is 46.8 Å². The smallest absolute Gasteiger partial charge is 0.306 e. The standard InChI is InChI=1S/C42H68O5Si/c1-39(2,3)46-37(44)18-13-25-45-33-17-12-15-29(26-33)14-11-16-30-27-31-28-32(43)21-23-41(31,7)35-22-24-42(8)34(38(30)35)19-20-36(42)47-48(9,10)40(4,5)6/h12,15,17,26,30-31,34-36,38H,11,13-14,16,18-25,27-28H2,1-10H3/t30-,31+,34+,35+,36+,38+,41+,42+/m1/s1. The summed E-state index contributed by atoms with van der Waals surface area (Å²) in [7, 11) is -1.86. The van der Waals surface area contributed by atoms with Gasteiger partial charge in [-0.05, 0) is 161 Å². The van der Waals surface area contributed by atoms with E-state index >= 15 is 0 Å². The molecule has 4 fully saturated rings. The van der Waals surface area contributed by atoms with Crippen LogP contribution in [0.1, 0.15) is 138 Å². The molecule has 1 aromatic rings. The van der Waals surface area contributed by atoms with E-state index in [0.29, 0.717) is 48.6 Å². The van der Waals surface area contributed by atoms with Gasteiger partial charge in [-0.25, -0.2) is 0 Å². The third-order valence-electron chi connectivity index (χ3n) is 14.0. The Morgan fingerprint density at radius 1 is 0.958 bits per heavy atom. The number of hydrogen-bond acceptors (Lipinski definition) is 5. The van der Waals surface area contributed by atoms with Crippen molar-refractivity contribution in [1.82, 2.24) is 0 Å². The van der Waals surface area contributed by atoms with Gasteiger partial charge in [0.15, 0.2) is 8.32 Å². The minimum atomic E-state index is -1.86. The van der Waals surface area contributed by atoms with Crippen LogP contribution in [0.5, 0.6) is 5.75 Å². The number of fused-ring (bicyclic) bond motifs is 5. The van der Waals surface area contributed by atoms with Crippen molar-refractivity contribution in [3.05, 3.63) is 29.8 Å². The largest absolute Gasteiger partial charge is 0.494 e. The lowest BCUT2D eigenvalue weighted by atomic mass is 9.42. The molecule has 270 valence electrons. The second-order valence-electron chi connectivity index (χ2n) is 19.3. The lowest BCUT2D eigenvalue weighted by molar-refractivity contribution is -0.155. The van der Waals surface area contributed by atoms with Crippen molar-refractivity contribution in [3.8, 4) is 5.75 Å². The van der Waals surface area contributed by atoms with Crippen LogP contribution < -0.4 is 4.74 Å². The average Bonchev–Trinajstić information content (AvgIpc) is 3.30. The zero-order chi connectivity index (χ0) is 35.1. The molecule has 4 saturated carbocycles. The summed E-state index contributed by atoms with van der Waals surface area (Å²) in [6.07, 6.45) is 13.9. The van der Waals surface area contributed by atoms with Gasteiger partial charge in [0, 0.05) is 19.3 Å². The minimum absolute atomic E-state index is 0.169. The number of esters is 1. The number of carbonyl (C=O) groups is 2. The molecule has 0 saturated heterocycles. The van der Waals surface area contributed by atoms with Crippen molar-refractivity contribution in [3.63, 3.8) is 0 Å². The molecule has 0 aliphatic heterocycles. The van der Waals surface area contributed by atoms with Crippen LogP contribution >= 0.6 is 0 Å². The topological polar surface area (TPSA) is 61.8 Å². The molecule has 8 atom stereocenters. The molecule has 0 amide bonds. The molecule has 0 radical (unpaired) electrons. The van der Waals surface area contributed by atoms with Crippen molar-refractivity contribution in [2.45, 2.75) is 169 Å². The van der Waals surface area contributed by atoms with Gasteiger partial charge in [-0.3, -0.25) is 9.59 Å². The van der Waals surface area contributed by atoms with E-state index in [4.69, 9.17) is 13.9 Å². The van der Waals surface area contributed by atoms with Crippen molar-refractivity contribution >= 4 is 20.1 Å². The fourth-order valence-electron chi connectivity index (χ4n) is 10.4. The van der Waals surface area contributed by atoms with Gasteiger partial charge in [-0.2, -0.15) is 0 Å². The Kier molecular flexibility index (Phi) is 11.1. The second kappa shape index (κ2) is 14.2. The average molecular weight is 681 g/mol. The Labute approximate surface area is 294 Å². The van der Waals surface area contributed by atoms with E-state index in [1.165, 1.54) is 50.5 Å². The van der Waals surface area contributed by atoms with E-state index in [0.717, 1.165) is 49.2 Å². The normalized spacial score (nSPS) is 33.8. The molecule has 0 N–H and O–H groups in total. The summed E-state index contributed by atoms with van der Waals surface area (Å²) in [4.78, 5) is 24.8. The third kappa shape index (κ3) is 8.11. The van der Waals surface area contributed by atoms with Crippen LogP contribution in [-0.2, 0) is 25.2 Å². The predicted octanol–water partition coefficient (Wildman–Crippen LogP) is 10.7. The lowest BCUT2D eigenvalue weighted by Gasteiger charge is -2.63. The lowest BCUT2D eigenvalue weighted by Crippen LogP contribution is -2.58. The monoisotopic (exact) mass is 680 g/mol. The maximum absolute atomic E-state index is 12.8. The fourth-order valence-corrected chi connectivity index (χ4v) is 11.8. The van der Waals surface area contributed by atoms with Gasteiger partial charge >= 0.3 is 5.97 Å². The summed E-state index contributed by atoms with van der Waals surface area (Å²) >= 11 is 0. The highest BCUT2D eigenvalue weighted by atomic mass is 28.4. The summed E-state index contributed by atoms with van der Waals surface area (Å²) in [5.41, 5.74) is 1.44. The summed E-state index contributed by atoms with van der Waals surface area (Å²) < 4.78 is 18.7. The number of ether oxygens (including phenoxy) is 2. The SMILES string of the molecule is CC(C)(C)OC(=O)CCCOc1cccc(CCC[C@@H]2C[C@H]3CC(=O)CC[C@]3(C)[C@H]3CC[C@]4(C)[C@@H](O[Si](C)(C)C(C)(C)C)CC[C@H]4[C@H]23)c1. The predicted molar refractivity (Wildman–Crippen MR) is 198 cm³/mol. The maximum Gasteiger partial charge on any atom is 0.306 e. The Bertz CT molecular complexity index is 1290. The number of hydrogen-bond donors (Lipinski definition) is 0. The molecule has 0 unspecified atom stereocenters. The summed E-state index contributed by atoms with van der Waals surface area (Å²) in [6.45, 7) is 23.4. The number of ketones is 1. The quantitative estimate of drug-likeness (QED) is 0.132. The summed E-state index contributed by atoms with van der Waals surface area (Å²) in [5, 5.41) is 0.226. The Balaban J connectivity index is 1.25. The first-order valence-electron chi connectivity index (χ1n) is 19.5. The molecule has 5 rings (SSSR count). The van der Waals surface area contributed by atoms with Gasteiger partial charge < -0.3 is 13.9 Å². The van der Waals surface area contributed by atoms with Crippen LogP contribution in [0.15, 0.2) is 24.3 Å².